The zero-order valence-electron chi connectivity index (χ0n) is 8.32. The van der Waals surface area contributed by atoms with Gasteiger partial charge in [0.25, 0.3) is 0 Å². The molecule has 1 saturated carbocycles. The van der Waals surface area contributed by atoms with Crippen LogP contribution in [0.5, 0.6) is 5.75 Å². The Bertz CT molecular complexity index is 301. The third-order valence-electron chi connectivity index (χ3n) is 2.31. The third kappa shape index (κ3) is 2.04. The molecule has 0 aliphatic heterocycles. The maximum atomic E-state index is 5.87. The van der Waals surface area contributed by atoms with Crippen LogP contribution in [0.15, 0.2) is 23.1 Å². The Labute approximate surface area is 88.8 Å². The number of hydrogen-bond acceptors (Lipinski definition) is 3. The van der Waals surface area contributed by atoms with Crippen molar-refractivity contribution in [2.45, 2.75) is 30.4 Å². The van der Waals surface area contributed by atoms with E-state index in [2.05, 4.69) is 12.3 Å². The van der Waals surface area contributed by atoms with E-state index in [1.54, 1.807) is 11.8 Å². The quantitative estimate of drug-likeness (QED) is 0.773. The number of ether oxygens (including phenoxy) is 1. The Morgan fingerprint density at radius 3 is 2.86 bits per heavy atom. The molecule has 14 heavy (non-hydrogen) atoms. The zero-order valence-corrected chi connectivity index (χ0v) is 9.14. The standard InChI is InChI=1S/C11H15NOS/c1-14-10-4-2-3-8(7-12)11(10)13-9-5-6-9/h2-4,9H,5-7,12H2,1H3. The van der Waals surface area contributed by atoms with Gasteiger partial charge in [-0.05, 0) is 25.2 Å². The van der Waals surface area contributed by atoms with Gasteiger partial charge in [0.15, 0.2) is 0 Å². The Morgan fingerprint density at radius 1 is 1.50 bits per heavy atom. The number of nitrogens with two attached hydrogens (primary N) is 1. The lowest BCUT2D eigenvalue weighted by atomic mass is 10.2. The summed E-state index contributed by atoms with van der Waals surface area (Å²) >= 11 is 1.71. The SMILES string of the molecule is CSc1cccc(CN)c1OC1CC1. The largest absolute Gasteiger partial charge is 0.489 e. The summed E-state index contributed by atoms with van der Waals surface area (Å²) in [6.45, 7) is 0.552. The summed E-state index contributed by atoms with van der Waals surface area (Å²) < 4.78 is 5.87. The minimum atomic E-state index is 0.439. The first-order chi connectivity index (χ1) is 6.85. The van der Waals surface area contributed by atoms with Crippen molar-refractivity contribution in [3.8, 4) is 5.75 Å². The van der Waals surface area contributed by atoms with E-state index in [9.17, 15) is 0 Å². The van der Waals surface area contributed by atoms with Crippen LogP contribution in [-0.4, -0.2) is 12.4 Å². The van der Waals surface area contributed by atoms with E-state index in [0.717, 1.165) is 11.3 Å². The first-order valence-electron chi connectivity index (χ1n) is 4.87. The maximum Gasteiger partial charge on any atom is 0.137 e. The number of para-hydroxylation sites is 1. The summed E-state index contributed by atoms with van der Waals surface area (Å²) in [6.07, 6.45) is 4.88. The molecule has 1 aromatic rings. The van der Waals surface area contributed by atoms with Crippen molar-refractivity contribution in [3.05, 3.63) is 23.8 Å². The van der Waals surface area contributed by atoms with Gasteiger partial charge < -0.3 is 10.5 Å². The normalized spacial score (nSPS) is 15.6. The van der Waals surface area contributed by atoms with Crippen molar-refractivity contribution in [3.63, 3.8) is 0 Å². The molecule has 0 heterocycles. The number of benzene rings is 1. The van der Waals surface area contributed by atoms with Crippen molar-refractivity contribution < 1.29 is 4.74 Å². The molecule has 2 rings (SSSR count). The van der Waals surface area contributed by atoms with E-state index in [4.69, 9.17) is 10.5 Å². The lowest BCUT2D eigenvalue weighted by Crippen LogP contribution is -2.04. The number of rotatable bonds is 4. The number of hydrogen-bond donors (Lipinski definition) is 1. The Kier molecular flexibility index (Phi) is 2.99. The lowest BCUT2D eigenvalue weighted by Gasteiger charge is -2.13. The molecule has 0 radical (unpaired) electrons. The Hall–Kier alpha value is -0.670. The maximum absolute atomic E-state index is 5.87. The molecule has 0 amide bonds. The summed E-state index contributed by atoms with van der Waals surface area (Å²) in [4.78, 5) is 1.19. The van der Waals surface area contributed by atoms with Gasteiger partial charge in [-0.3, -0.25) is 0 Å². The van der Waals surface area contributed by atoms with Crippen molar-refractivity contribution in [2.24, 2.45) is 5.73 Å². The van der Waals surface area contributed by atoms with Crippen LogP contribution in [-0.2, 0) is 6.54 Å². The second-order valence-electron chi connectivity index (χ2n) is 3.47. The molecule has 1 fully saturated rings. The monoisotopic (exact) mass is 209 g/mol. The molecule has 0 spiro atoms. The second-order valence-corrected chi connectivity index (χ2v) is 4.32. The van der Waals surface area contributed by atoms with Crippen LogP contribution in [0.2, 0.25) is 0 Å². The molecule has 0 saturated heterocycles. The first-order valence-corrected chi connectivity index (χ1v) is 6.10. The van der Waals surface area contributed by atoms with Crippen LogP contribution in [0.25, 0.3) is 0 Å². The van der Waals surface area contributed by atoms with Crippen LogP contribution in [0.4, 0.5) is 0 Å². The van der Waals surface area contributed by atoms with Gasteiger partial charge >= 0.3 is 0 Å². The van der Waals surface area contributed by atoms with Crippen LogP contribution in [0.3, 0.4) is 0 Å². The van der Waals surface area contributed by atoms with Crippen molar-refractivity contribution in [2.75, 3.05) is 6.26 Å². The molecule has 0 atom stereocenters. The highest BCUT2D eigenvalue weighted by Gasteiger charge is 2.25. The third-order valence-corrected chi connectivity index (χ3v) is 3.07. The van der Waals surface area contributed by atoms with E-state index in [1.807, 2.05) is 12.1 Å². The van der Waals surface area contributed by atoms with Crippen molar-refractivity contribution >= 4 is 11.8 Å². The lowest BCUT2D eigenvalue weighted by molar-refractivity contribution is 0.293. The fourth-order valence-electron chi connectivity index (χ4n) is 1.37. The second kappa shape index (κ2) is 4.24. The van der Waals surface area contributed by atoms with Gasteiger partial charge in [0.2, 0.25) is 0 Å². The molecule has 0 aromatic heterocycles. The summed E-state index contributed by atoms with van der Waals surface area (Å²) in [5.74, 6) is 1.00. The predicted octanol–water partition coefficient (Wildman–Crippen LogP) is 2.41. The fourth-order valence-corrected chi connectivity index (χ4v) is 1.95. The fraction of sp³-hybridized carbons (Fsp3) is 0.455. The highest BCUT2D eigenvalue weighted by molar-refractivity contribution is 7.98. The zero-order chi connectivity index (χ0) is 9.97. The average Bonchev–Trinajstić information content (AvgIpc) is 3.02. The van der Waals surface area contributed by atoms with Gasteiger partial charge in [-0.25, -0.2) is 0 Å². The molecule has 2 nitrogen and oxygen atoms in total. The number of thioether (sulfide) groups is 1. The summed E-state index contributed by atoms with van der Waals surface area (Å²) in [5.41, 5.74) is 6.80. The molecular formula is C11H15NOS. The predicted molar refractivity (Wildman–Crippen MR) is 59.8 cm³/mol. The highest BCUT2D eigenvalue weighted by Crippen LogP contribution is 2.35. The smallest absolute Gasteiger partial charge is 0.137 e. The molecule has 1 aromatic carbocycles. The Morgan fingerprint density at radius 2 is 2.29 bits per heavy atom. The molecule has 76 valence electrons. The van der Waals surface area contributed by atoms with Gasteiger partial charge in [-0.15, -0.1) is 11.8 Å². The van der Waals surface area contributed by atoms with E-state index < -0.39 is 0 Å². The van der Waals surface area contributed by atoms with Crippen molar-refractivity contribution in [1.82, 2.24) is 0 Å². The molecule has 1 aliphatic rings. The molecule has 1 aliphatic carbocycles. The van der Waals surface area contributed by atoms with E-state index >= 15 is 0 Å². The topological polar surface area (TPSA) is 35.2 Å². The molecular weight excluding hydrogens is 194 g/mol. The van der Waals surface area contributed by atoms with Crippen LogP contribution >= 0.6 is 11.8 Å². The van der Waals surface area contributed by atoms with Crippen molar-refractivity contribution in [1.29, 1.82) is 0 Å². The van der Waals surface area contributed by atoms with E-state index in [1.165, 1.54) is 17.7 Å². The summed E-state index contributed by atoms with van der Waals surface area (Å²) in [6, 6.07) is 6.16. The molecule has 2 N–H and O–H groups in total. The van der Waals surface area contributed by atoms with Gasteiger partial charge in [-0.1, -0.05) is 12.1 Å². The first kappa shape index (κ1) is 9.87. The molecule has 0 unspecified atom stereocenters. The Balaban J connectivity index is 2.29. The minimum absolute atomic E-state index is 0.439. The summed E-state index contributed by atoms with van der Waals surface area (Å²) in [5, 5.41) is 0. The van der Waals surface area contributed by atoms with Gasteiger partial charge in [0.05, 0.1) is 6.10 Å². The van der Waals surface area contributed by atoms with Crippen LogP contribution in [0, 0.1) is 0 Å². The highest BCUT2D eigenvalue weighted by atomic mass is 32.2. The van der Waals surface area contributed by atoms with Gasteiger partial charge in [-0.2, -0.15) is 0 Å². The average molecular weight is 209 g/mol. The van der Waals surface area contributed by atoms with E-state index in [-0.39, 0.29) is 0 Å². The molecule has 0 bridgehead atoms. The van der Waals surface area contributed by atoms with E-state index in [0.29, 0.717) is 12.6 Å². The minimum Gasteiger partial charge on any atom is -0.489 e. The van der Waals surface area contributed by atoms with Gasteiger partial charge in [0.1, 0.15) is 5.75 Å². The molecule has 3 heteroatoms. The van der Waals surface area contributed by atoms with Gasteiger partial charge in [0, 0.05) is 17.0 Å². The van der Waals surface area contributed by atoms with Crippen LogP contribution < -0.4 is 10.5 Å². The van der Waals surface area contributed by atoms with Crippen LogP contribution in [0.1, 0.15) is 18.4 Å². The summed E-state index contributed by atoms with van der Waals surface area (Å²) in [7, 11) is 0.